The molecule has 1 atom stereocenters. The van der Waals surface area contributed by atoms with Crippen molar-refractivity contribution < 1.29 is 14.3 Å². The number of nitrogens with zero attached hydrogens (tertiary/aromatic N) is 2. The van der Waals surface area contributed by atoms with Gasteiger partial charge < -0.3 is 4.74 Å². The van der Waals surface area contributed by atoms with E-state index in [9.17, 15) is 9.59 Å². The first-order chi connectivity index (χ1) is 10.1. The number of amides is 1. The van der Waals surface area contributed by atoms with Gasteiger partial charge >= 0.3 is 6.09 Å². The third-order valence-electron chi connectivity index (χ3n) is 3.00. The number of rotatable bonds is 6. The maximum Gasteiger partial charge on any atom is 0.411 e. The van der Waals surface area contributed by atoms with Crippen LogP contribution in [-0.4, -0.2) is 37.1 Å². The Balaban J connectivity index is 1.67. The number of nitrogens with one attached hydrogen (secondary N) is 1. The van der Waals surface area contributed by atoms with E-state index >= 15 is 0 Å². The molecule has 1 aromatic carbocycles. The van der Waals surface area contributed by atoms with Gasteiger partial charge in [-0.1, -0.05) is 0 Å². The zero-order valence-electron chi connectivity index (χ0n) is 11.8. The van der Waals surface area contributed by atoms with Gasteiger partial charge in [-0.05, 0) is 44.0 Å². The average molecular weight is 287 g/mol. The molecule has 110 valence electrons. The number of hydrogen-bond donors (Lipinski definition) is 1. The van der Waals surface area contributed by atoms with E-state index in [0.717, 1.165) is 12.8 Å². The van der Waals surface area contributed by atoms with Crippen molar-refractivity contribution in [2.75, 3.05) is 11.9 Å². The van der Waals surface area contributed by atoms with E-state index in [0.29, 0.717) is 17.9 Å². The lowest BCUT2D eigenvalue weighted by Gasteiger charge is -2.08. The van der Waals surface area contributed by atoms with Crippen molar-refractivity contribution in [3.63, 3.8) is 0 Å². The number of Topliss-reactive ketones (excluding diaryl/α,β-unsaturated/α-hetero) is 1. The van der Waals surface area contributed by atoms with E-state index in [-0.39, 0.29) is 11.8 Å². The Morgan fingerprint density at radius 2 is 2.05 bits per heavy atom. The topological polar surface area (TPSA) is 80.1 Å². The van der Waals surface area contributed by atoms with Gasteiger partial charge in [-0.15, -0.1) is 0 Å². The monoisotopic (exact) mass is 287 g/mol. The van der Waals surface area contributed by atoms with Gasteiger partial charge in [0.1, 0.15) is 6.34 Å². The summed E-state index contributed by atoms with van der Waals surface area (Å²) in [6, 6.07) is 6.77. The van der Waals surface area contributed by atoms with Crippen molar-refractivity contribution in [3.8, 4) is 0 Å². The number of hydrogen-bond acceptors (Lipinski definition) is 5. The van der Waals surface area contributed by atoms with Crippen LogP contribution in [0.3, 0.4) is 0 Å². The third kappa shape index (κ3) is 4.83. The molecule has 0 bridgehead atoms. The van der Waals surface area contributed by atoms with E-state index < -0.39 is 6.09 Å². The van der Waals surface area contributed by atoms with Gasteiger partial charge in [-0.3, -0.25) is 15.1 Å². The summed E-state index contributed by atoms with van der Waals surface area (Å²) in [7, 11) is 0. The summed E-state index contributed by atoms with van der Waals surface area (Å²) in [4.78, 5) is 30.7. The van der Waals surface area contributed by atoms with Crippen molar-refractivity contribution in [2.24, 2.45) is 9.98 Å². The van der Waals surface area contributed by atoms with Crippen LogP contribution in [0.25, 0.3) is 0 Å². The van der Waals surface area contributed by atoms with Gasteiger partial charge in [0.05, 0.1) is 12.6 Å². The van der Waals surface area contributed by atoms with Crippen molar-refractivity contribution in [2.45, 2.75) is 25.8 Å². The van der Waals surface area contributed by atoms with Gasteiger partial charge in [0.2, 0.25) is 0 Å². The van der Waals surface area contributed by atoms with Crippen LogP contribution in [0.1, 0.15) is 30.1 Å². The summed E-state index contributed by atoms with van der Waals surface area (Å²) in [6.45, 7) is 1.83. The van der Waals surface area contributed by atoms with Crippen LogP contribution >= 0.6 is 0 Å². The number of anilines is 1. The molecule has 0 aliphatic carbocycles. The highest BCUT2D eigenvalue weighted by Crippen LogP contribution is 2.10. The van der Waals surface area contributed by atoms with Gasteiger partial charge in [-0.25, -0.2) is 9.79 Å². The van der Waals surface area contributed by atoms with Crippen LogP contribution in [0.4, 0.5) is 10.5 Å². The summed E-state index contributed by atoms with van der Waals surface area (Å²) in [5.41, 5.74) is 1.20. The fraction of sp³-hybridized carbons (Fsp3) is 0.333. The van der Waals surface area contributed by atoms with E-state index in [1.807, 2.05) is 0 Å². The fourth-order valence-electron chi connectivity index (χ4n) is 1.85. The minimum absolute atomic E-state index is 0.0118. The number of carbonyl (C=O) groups is 2. The second kappa shape index (κ2) is 7.33. The minimum Gasteiger partial charge on any atom is -0.449 e. The van der Waals surface area contributed by atoms with Gasteiger partial charge in [0, 0.05) is 17.5 Å². The Morgan fingerprint density at radius 3 is 2.67 bits per heavy atom. The zero-order valence-corrected chi connectivity index (χ0v) is 11.8. The number of carbonyl (C=O) groups excluding carboxylic acids is 2. The van der Waals surface area contributed by atoms with E-state index in [1.165, 1.54) is 13.3 Å². The van der Waals surface area contributed by atoms with Crippen LogP contribution in [0.5, 0.6) is 0 Å². The van der Waals surface area contributed by atoms with E-state index in [1.54, 1.807) is 30.5 Å². The number of benzene rings is 1. The molecule has 0 saturated carbocycles. The van der Waals surface area contributed by atoms with Crippen LogP contribution in [0.2, 0.25) is 0 Å². The highest BCUT2D eigenvalue weighted by molar-refractivity contribution is 5.94. The molecule has 1 aromatic rings. The Labute approximate surface area is 122 Å². The smallest absolute Gasteiger partial charge is 0.411 e. The Hall–Kier alpha value is -2.50. The molecule has 1 unspecified atom stereocenters. The molecule has 6 nitrogen and oxygen atoms in total. The van der Waals surface area contributed by atoms with Crippen LogP contribution in [-0.2, 0) is 4.74 Å². The SMILES string of the molecule is CC(=O)c1ccc(NC(=O)OCCCC2C=NC=N2)cc1. The first kappa shape index (κ1) is 14.9. The second-order valence-electron chi connectivity index (χ2n) is 4.67. The lowest BCUT2D eigenvalue weighted by molar-refractivity contribution is 0.101. The molecule has 0 saturated heterocycles. The van der Waals surface area contributed by atoms with Gasteiger partial charge in [-0.2, -0.15) is 0 Å². The molecule has 0 fully saturated rings. The molecule has 6 heteroatoms. The highest BCUT2D eigenvalue weighted by Gasteiger charge is 2.07. The predicted molar refractivity (Wildman–Crippen MR) is 81.4 cm³/mol. The number of ketones is 1. The quantitative estimate of drug-likeness (QED) is 0.645. The van der Waals surface area contributed by atoms with Crippen molar-refractivity contribution in [1.29, 1.82) is 0 Å². The van der Waals surface area contributed by atoms with E-state index in [4.69, 9.17) is 4.74 Å². The molecular formula is C15H17N3O3. The molecule has 1 amide bonds. The second-order valence-corrected chi connectivity index (χ2v) is 4.67. The molecule has 0 radical (unpaired) electrons. The molecule has 21 heavy (non-hydrogen) atoms. The molecule has 0 spiro atoms. The van der Waals surface area contributed by atoms with Crippen LogP contribution in [0.15, 0.2) is 34.3 Å². The minimum atomic E-state index is -0.505. The lowest BCUT2D eigenvalue weighted by atomic mass is 10.1. The molecule has 1 N–H and O–H groups in total. The van der Waals surface area contributed by atoms with E-state index in [2.05, 4.69) is 15.3 Å². The summed E-state index contributed by atoms with van der Waals surface area (Å²) in [6.07, 6.45) is 4.33. The Bertz CT molecular complexity index is 552. The van der Waals surface area contributed by atoms with Crippen LogP contribution < -0.4 is 5.32 Å². The third-order valence-corrected chi connectivity index (χ3v) is 3.00. The summed E-state index contributed by atoms with van der Waals surface area (Å²) >= 11 is 0. The average Bonchev–Trinajstić information content (AvgIpc) is 2.97. The first-order valence-corrected chi connectivity index (χ1v) is 6.75. The number of ether oxygens (including phenoxy) is 1. The molecule has 0 aromatic heterocycles. The number of aliphatic imine (C=N–C) groups is 2. The van der Waals surface area contributed by atoms with Gasteiger partial charge in [0.25, 0.3) is 0 Å². The maximum atomic E-state index is 11.6. The standard InChI is InChI=1S/C15H17N3O3/c1-11(19)12-4-6-13(7-5-12)18-15(20)21-8-2-3-14-9-16-10-17-14/h4-7,9-10,14H,2-3,8H2,1H3,(H,18,20). The Kier molecular flexibility index (Phi) is 5.20. The normalized spacial score (nSPS) is 16.0. The van der Waals surface area contributed by atoms with Crippen molar-refractivity contribution >= 4 is 30.1 Å². The van der Waals surface area contributed by atoms with Gasteiger partial charge in [0.15, 0.2) is 5.78 Å². The van der Waals surface area contributed by atoms with Crippen molar-refractivity contribution in [3.05, 3.63) is 29.8 Å². The maximum absolute atomic E-state index is 11.6. The lowest BCUT2D eigenvalue weighted by Crippen LogP contribution is -2.15. The predicted octanol–water partition coefficient (Wildman–Crippen LogP) is 2.70. The first-order valence-electron chi connectivity index (χ1n) is 6.75. The molecule has 1 aliphatic rings. The van der Waals surface area contributed by atoms with Crippen molar-refractivity contribution in [1.82, 2.24) is 0 Å². The molecule has 1 aliphatic heterocycles. The fourth-order valence-corrected chi connectivity index (χ4v) is 1.85. The molecule has 1 heterocycles. The molecular weight excluding hydrogens is 270 g/mol. The zero-order chi connectivity index (χ0) is 15.1. The highest BCUT2D eigenvalue weighted by atomic mass is 16.5. The molecule has 2 rings (SSSR count). The largest absolute Gasteiger partial charge is 0.449 e. The van der Waals surface area contributed by atoms with Crippen LogP contribution in [0, 0.1) is 0 Å². The Morgan fingerprint density at radius 1 is 1.29 bits per heavy atom. The summed E-state index contributed by atoms with van der Waals surface area (Å²) in [5.74, 6) is -0.0118. The summed E-state index contributed by atoms with van der Waals surface area (Å²) in [5, 5.41) is 2.61. The summed E-state index contributed by atoms with van der Waals surface area (Å²) < 4.78 is 5.07.